The van der Waals surface area contributed by atoms with E-state index >= 15 is 0 Å². The summed E-state index contributed by atoms with van der Waals surface area (Å²) >= 11 is 7.40. The number of hydrogen-bond donors (Lipinski definition) is 0. The molecular weight excluding hydrogens is 841 g/mol. The Morgan fingerprint density at radius 1 is 0.554 bits per heavy atom. The zero-order chi connectivity index (χ0) is 39.8. The van der Waals surface area contributed by atoms with Crippen molar-refractivity contribution in [2.45, 2.75) is 117 Å². The summed E-state index contributed by atoms with van der Waals surface area (Å²) < 4.78 is 0. The van der Waals surface area contributed by atoms with Crippen LogP contribution in [0.15, 0.2) is 73.3 Å². The molecule has 56 heavy (non-hydrogen) atoms. The van der Waals surface area contributed by atoms with Gasteiger partial charge in [0.25, 0.3) is 0 Å². The summed E-state index contributed by atoms with van der Waals surface area (Å²) in [4.78, 5) is 38.5. The molecule has 0 bridgehead atoms. The molecule has 10 nitrogen and oxygen atoms in total. The molecule has 0 radical (unpaired) electrons. The van der Waals surface area contributed by atoms with Crippen molar-refractivity contribution in [3.8, 4) is 22.8 Å². The summed E-state index contributed by atoms with van der Waals surface area (Å²) in [7, 11) is 0. The number of aryl methyl sites for hydroxylation is 2. The van der Waals surface area contributed by atoms with Crippen LogP contribution in [0.4, 0.5) is 0 Å². The number of carboxylic acid groups (broad SMARTS) is 2. The molecule has 294 valence electrons. The van der Waals surface area contributed by atoms with Crippen molar-refractivity contribution >= 4 is 46.7 Å². The van der Waals surface area contributed by atoms with Crippen LogP contribution in [-0.2, 0) is 32.3 Å². The van der Waals surface area contributed by atoms with Crippen molar-refractivity contribution in [1.82, 2.24) is 19.9 Å². The zero-order valence-electron chi connectivity index (χ0n) is 33.7. The minimum absolute atomic E-state index is 0. The molecule has 0 amide bonds. The SMILES string of the molecule is CCCCCCCCCc1ccnc(-c2cc(CCCCCCCCC)ccn2)c1.O=C([O-])c1ccnc(-c2cc(C(=O)[O-])ccn2)c1.[H+].[N-]=C=S.[N-]=C=S.[Na+].[Ru+2]. The topological polar surface area (TPSA) is 176 Å². The van der Waals surface area contributed by atoms with Crippen LogP contribution in [0.3, 0.4) is 0 Å². The summed E-state index contributed by atoms with van der Waals surface area (Å²) in [6.45, 7) is 4.56. The number of carbonyl (C=O) groups excluding carboxylic acids is 2. The molecule has 4 rings (SSSR count). The molecule has 0 aromatic carbocycles. The monoisotopic (exact) mass is 892 g/mol. The van der Waals surface area contributed by atoms with Crippen molar-refractivity contribution < 1.29 is 70.3 Å². The number of pyridine rings is 4. The van der Waals surface area contributed by atoms with E-state index in [0.717, 1.165) is 24.2 Å². The number of aromatic nitrogens is 4. The van der Waals surface area contributed by atoms with E-state index in [4.69, 9.17) is 10.8 Å². The first-order chi connectivity index (χ1) is 26.2. The van der Waals surface area contributed by atoms with E-state index in [1.54, 1.807) is 0 Å². The van der Waals surface area contributed by atoms with Gasteiger partial charge in [-0.25, -0.2) is 0 Å². The predicted molar refractivity (Wildman–Crippen MR) is 220 cm³/mol. The Kier molecular flexibility index (Phi) is 35.4. The molecule has 4 heterocycles. The van der Waals surface area contributed by atoms with Crippen molar-refractivity contribution in [3.63, 3.8) is 0 Å². The van der Waals surface area contributed by atoms with Gasteiger partial charge in [-0.05, 0) is 85.3 Å². The Morgan fingerprint density at radius 2 is 0.821 bits per heavy atom. The van der Waals surface area contributed by atoms with Crippen LogP contribution < -0.4 is 39.8 Å². The number of unbranched alkanes of at least 4 members (excludes halogenated alkanes) is 12. The third kappa shape index (κ3) is 25.1. The van der Waals surface area contributed by atoms with Gasteiger partial charge >= 0.3 is 50.5 Å². The molecule has 0 aliphatic rings. The molecule has 0 saturated carbocycles. The quantitative estimate of drug-likeness (QED) is 0.0441. The number of carboxylic acids is 2. The number of thiocarbonyl (C=S) groups is 2. The van der Waals surface area contributed by atoms with Gasteiger partial charge in [-0.2, -0.15) is 10.3 Å². The first-order valence-corrected chi connectivity index (χ1v) is 19.3. The third-order valence-electron chi connectivity index (χ3n) is 8.30. The van der Waals surface area contributed by atoms with Gasteiger partial charge < -0.3 is 30.6 Å². The molecule has 0 unspecified atom stereocenters. The number of nitrogens with zero attached hydrogens (tertiary/aromatic N) is 6. The first-order valence-electron chi connectivity index (χ1n) is 18.5. The summed E-state index contributed by atoms with van der Waals surface area (Å²) in [5.74, 6) is -2.68. The van der Waals surface area contributed by atoms with Crippen LogP contribution in [0.1, 0.15) is 137 Å². The van der Waals surface area contributed by atoms with Crippen molar-refractivity contribution in [2.24, 2.45) is 0 Å². The second kappa shape index (κ2) is 36.1. The maximum atomic E-state index is 10.7. The molecular formula is C42H51N6NaO4RuS2. The Hall–Kier alpha value is -3.24. The van der Waals surface area contributed by atoms with Crippen LogP contribution in [0, 0.1) is 0 Å². The molecule has 0 fully saturated rings. The van der Waals surface area contributed by atoms with Gasteiger partial charge in [-0.15, -0.1) is 0 Å². The van der Waals surface area contributed by atoms with Gasteiger partial charge in [0.1, 0.15) is 0 Å². The van der Waals surface area contributed by atoms with E-state index in [1.165, 1.54) is 148 Å². The first kappa shape index (κ1) is 54.9. The van der Waals surface area contributed by atoms with Crippen molar-refractivity contribution in [2.75, 3.05) is 0 Å². The van der Waals surface area contributed by atoms with E-state index in [0.29, 0.717) is 0 Å². The minimum Gasteiger partial charge on any atom is -0.753 e. The average Bonchev–Trinajstić information content (AvgIpc) is 3.18. The van der Waals surface area contributed by atoms with E-state index < -0.39 is 11.9 Å². The third-order valence-corrected chi connectivity index (χ3v) is 8.30. The fourth-order valence-corrected chi connectivity index (χ4v) is 5.51. The Bertz CT molecular complexity index is 1640. The average molecular weight is 892 g/mol. The van der Waals surface area contributed by atoms with E-state index in [-0.39, 0.29) is 73.0 Å². The zero-order valence-corrected chi connectivity index (χ0v) is 38.1. The summed E-state index contributed by atoms with van der Waals surface area (Å²) in [5, 5.41) is 38.3. The van der Waals surface area contributed by atoms with Gasteiger partial charge in [0.15, 0.2) is 0 Å². The molecule has 4 aromatic rings. The fraction of sp³-hybridized carbons (Fsp3) is 0.429. The molecule has 14 heteroatoms. The Labute approximate surface area is 379 Å². The number of aromatic carboxylic acids is 2. The maximum Gasteiger partial charge on any atom is 2.00 e. The largest absolute Gasteiger partial charge is 2.00 e. The second-order valence-electron chi connectivity index (χ2n) is 12.5. The van der Waals surface area contributed by atoms with Crippen LogP contribution in [0.5, 0.6) is 0 Å². The normalized spacial score (nSPS) is 9.46. The number of hydrogen-bond acceptors (Lipinski definition) is 10. The molecule has 0 aliphatic heterocycles. The summed E-state index contributed by atoms with van der Waals surface area (Å²) in [6, 6.07) is 13.9. The van der Waals surface area contributed by atoms with E-state index in [9.17, 15) is 19.8 Å². The fourth-order valence-electron chi connectivity index (χ4n) is 5.51. The smallest absolute Gasteiger partial charge is 0.753 e. The minimum atomic E-state index is -1.34. The molecule has 0 N–H and O–H groups in total. The van der Waals surface area contributed by atoms with E-state index in [1.807, 2.05) is 12.4 Å². The molecule has 0 spiro atoms. The van der Waals surface area contributed by atoms with Crippen LogP contribution in [0.2, 0.25) is 0 Å². The van der Waals surface area contributed by atoms with Crippen molar-refractivity contribution in [3.05, 3.63) is 106 Å². The molecule has 4 aromatic heterocycles. The Balaban J connectivity index is -0.000000923. The molecule has 0 atom stereocenters. The molecule has 0 saturated heterocycles. The number of isothiocyanates is 2. The van der Waals surface area contributed by atoms with Crippen LogP contribution in [-0.4, -0.2) is 42.2 Å². The van der Waals surface area contributed by atoms with Gasteiger partial charge in [-0.1, -0.05) is 115 Å². The van der Waals surface area contributed by atoms with Crippen LogP contribution >= 0.6 is 24.4 Å². The van der Waals surface area contributed by atoms with Crippen LogP contribution in [0.25, 0.3) is 33.6 Å². The predicted octanol–water partition coefficient (Wildman–Crippen LogP) is 6.03. The van der Waals surface area contributed by atoms with Gasteiger partial charge in [-0.3, -0.25) is 19.9 Å². The number of rotatable bonds is 20. The molecule has 0 aliphatic carbocycles. The maximum absolute atomic E-state index is 10.7. The van der Waals surface area contributed by atoms with Gasteiger partial charge in [0, 0.05) is 35.9 Å². The summed E-state index contributed by atoms with van der Waals surface area (Å²) in [5.41, 5.74) is 5.23. The van der Waals surface area contributed by atoms with Crippen molar-refractivity contribution in [1.29, 1.82) is 0 Å². The standard InChI is InChI=1S/C28H44N2.C12H8N2O4.2CNS.Na.Ru/c1-3-5-7-9-11-13-15-17-25-19-21-29-27(23-25)28-24-26(20-22-30-28)18-16-14-12-10-8-6-4-2;15-11(16)7-1-3-13-9(5-7)10-6-8(12(17)18)2-4-14-10;2*2-1-3;;/h19-24H,3-18H2,1-2H3;1-6H,(H,15,16)(H,17,18);;;;/q;;2*-1;+1;+2/p-1. The van der Waals surface area contributed by atoms with Gasteiger partial charge in [0.2, 0.25) is 0 Å². The number of carbonyl (C=O) groups is 2. The summed E-state index contributed by atoms with van der Waals surface area (Å²) in [6.07, 6.45) is 27.8. The second-order valence-corrected chi connectivity index (χ2v) is 12.8. The Morgan fingerprint density at radius 3 is 1.12 bits per heavy atom. The van der Waals surface area contributed by atoms with Gasteiger partial charge in [0.05, 0.1) is 34.7 Å². The van der Waals surface area contributed by atoms with E-state index in [2.05, 4.69) is 82.5 Å².